The number of aryl methyl sites for hydroxylation is 1. The van der Waals surface area contributed by atoms with Gasteiger partial charge in [0.05, 0.1) is 0 Å². The Hall–Kier alpha value is -0.180. The van der Waals surface area contributed by atoms with Gasteiger partial charge in [0.25, 0.3) is 10.0 Å². The van der Waals surface area contributed by atoms with E-state index in [2.05, 4.69) is 31.0 Å². The van der Waals surface area contributed by atoms with Crippen LogP contribution >= 0.6 is 27.5 Å². The quantitative estimate of drug-likeness (QED) is 0.812. The minimum absolute atomic E-state index is 0.00364. The Labute approximate surface area is 108 Å². The standard InChI is InChI=1S/C7H12BrClN4O2S/c1-3-5(4-9)11-16(14,15)7-6(8)10-12-13(7)2/h5,11H,3-4H2,1-2H3. The minimum atomic E-state index is -3.65. The van der Waals surface area contributed by atoms with E-state index in [0.29, 0.717) is 6.42 Å². The van der Waals surface area contributed by atoms with Gasteiger partial charge < -0.3 is 0 Å². The van der Waals surface area contributed by atoms with Crippen LogP contribution in [0.4, 0.5) is 0 Å². The maximum Gasteiger partial charge on any atom is 0.260 e. The third-order valence-corrected chi connectivity index (χ3v) is 4.77. The Morgan fingerprint density at radius 3 is 2.62 bits per heavy atom. The zero-order valence-corrected chi connectivity index (χ0v) is 12.0. The lowest BCUT2D eigenvalue weighted by Crippen LogP contribution is -2.36. The van der Waals surface area contributed by atoms with E-state index in [1.807, 2.05) is 6.92 Å². The van der Waals surface area contributed by atoms with Crippen LogP contribution < -0.4 is 4.72 Å². The van der Waals surface area contributed by atoms with Gasteiger partial charge in [0.1, 0.15) is 0 Å². The summed E-state index contributed by atoms with van der Waals surface area (Å²) >= 11 is 8.68. The highest BCUT2D eigenvalue weighted by Crippen LogP contribution is 2.18. The van der Waals surface area contributed by atoms with Crippen molar-refractivity contribution in [1.29, 1.82) is 0 Å². The van der Waals surface area contributed by atoms with Crippen LogP contribution in [0.3, 0.4) is 0 Å². The fourth-order valence-corrected chi connectivity index (χ4v) is 3.91. The van der Waals surface area contributed by atoms with E-state index in [4.69, 9.17) is 11.6 Å². The second kappa shape index (κ2) is 5.44. The summed E-state index contributed by atoms with van der Waals surface area (Å²) in [5, 5.41) is 7.22. The van der Waals surface area contributed by atoms with E-state index in [1.165, 1.54) is 11.7 Å². The van der Waals surface area contributed by atoms with Crippen LogP contribution in [0, 0.1) is 0 Å². The molecule has 0 radical (unpaired) electrons. The Balaban J connectivity index is 3.03. The first-order valence-electron chi connectivity index (χ1n) is 4.55. The Morgan fingerprint density at radius 1 is 1.62 bits per heavy atom. The lowest BCUT2D eigenvalue weighted by atomic mass is 10.3. The molecule has 1 rings (SSSR count). The maximum atomic E-state index is 12.0. The Bertz CT molecular complexity index is 437. The second-order valence-corrected chi connectivity index (χ2v) is 5.88. The molecule has 0 amide bonds. The predicted octanol–water partition coefficient (Wildman–Crippen LogP) is 0.873. The summed E-state index contributed by atoms with van der Waals surface area (Å²) < 4.78 is 27.8. The molecule has 0 aliphatic carbocycles. The van der Waals surface area contributed by atoms with Gasteiger partial charge in [-0.15, -0.1) is 16.7 Å². The topological polar surface area (TPSA) is 76.9 Å². The first-order chi connectivity index (χ1) is 7.42. The van der Waals surface area contributed by atoms with Gasteiger partial charge in [-0.05, 0) is 22.4 Å². The number of nitrogens with zero attached hydrogens (tertiary/aromatic N) is 3. The number of hydrogen-bond acceptors (Lipinski definition) is 4. The molecule has 1 atom stereocenters. The molecule has 92 valence electrons. The molecule has 0 aromatic carbocycles. The highest BCUT2D eigenvalue weighted by molar-refractivity contribution is 9.10. The van der Waals surface area contributed by atoms with Crippen molar-refractivity contribution in [2.24, 2.45) is 7.05 Å². The van der Waals surface area contributed by atoms with E-state index < -0.39 is 10.0 Å². The number of hydrogen-bond donors (Lipinski definition) is 1. The van der Waals surface area contributed by atoms with Crippen LogP contribution in [-0.2, 0) is 17.1 Å². The Morgan fingerprint density at radius 2 is 2.25 bits per heavy atom. The van der Waals surface area contributed by atoms with E-state index in [-0.39, 0.29) is 21.6 Å². The van der Waals surface area contributed by atoms with E-state index in [1.54, 1.807) is 0 Å². The molecule has 0 spiro atoms. The number of halogens is 2. The second-order valence-electron chi connectivity index (χ2n) is 3.19. The van der Waals surface area contributed by atoms with E-state index in [9.17, 15) is 8.42 Å². The van der Waals surface area contributed by atoms with Gasteiger partial charge in [-0.2, -0.15) is 0 Å². The van der Waals surface area contributed by atoms with E-state index >= 15 is 0 Å². The molecule has 1 N–H and O–H groups in total. The summed E-state index contributed by atoms with van der Waals surface area (Å²) in [6.07, 6.45) is 0.617. The lowest BCUT2D eigenvalue weighted by molar-refractivity contribution is 0.540. The van der Waals surface area contributed by atoms with Crippen LogP contribution in [0.15, 0.2) is 9.63 Å². The van der Waals surface area contributed by atoms with Crippen molar-refractivity contribution in [2.45, 2.75) is 24.4 Å². The van der Waals surface area contributed by atoms with Crippen LogP contribution in [0.25, 0.3) is 0 Å². The molecule has 0 saturated heterocycles. The number of sulfonamides is 1. The van der Waals surface area contributed by atoms with Crippen molar-refractivity contribution in [3.05, 3.63) is 4.60 Å². The van der Waals surface area contributed by atoms with Gasteiger partial charge in [-0.25, -0.2) is 17.8 Å². The minimum Gasteiger partial charge on any atom is -0.235 e. The lowest BCUT2D eigenvalue weighted by Gasteiger charge is -2.13. The Kier molecular flexibility index (Phi) is 4.72. The molecular formula is C7H12BrClN4O2S. The largest absolute Gasteiger partial charge is 0.260 e. The normalized spacial score (nSPS) is 14.0. The smallest absolute Gasteiger partial charge is 0.235 e. The van der Waals surface area contributed by atoms with Crippen molar-refractivity contribution in [1.82, 2.24) is 19.7 Å². The molecule has 0 fully saturated rings. The third kappa shape index (κ3) is 2.93. The van der Waals surface area contributed by atoms with Crippen LogP contribution in [-0.4, -0.2) is 35.3 Å². The van der Waals surface area contributed by atoms with Gasteiger partial charge in [0.15, 0.2) is 4.60 Å². The van der Waals surface area contributed by atoms with Crippen LogP contribution in [0.1, 0.15) is 13.3 Å². The molecule has 0 aliphatic rings. The van der Waals surface area contributed by atoms with Gasteiger partial charge in [0.2, 0.25) is 5.03 Å². The molecule has 9 heteroatoms. The average molecular weight is 332 g/mol. The van der Waals surface area contributed by atoms with Crippen molar-refractivity contribution < 1.29 is 8.42 Å². The molecule has 1 heterocycles. The molecular weight excluding hydrogens is 320 g/mol. The summed E-state index contributed by atoms with van der Waals surface area (Å²) in [4.78, 5) is 0. The van der Waals surface area contributed by atoms with Crippen molar-refractivity contribution >= 4 is 37.6 Å². The molecule has 16 heavy (non-hydrogen) atoms. The first-order valence-corrected chi connectivity index (χ1v) is 7.37. The summed E-state index contributed by atoms with van der Waals surface area (Å²) in [6.45, 7) is 1.85. The number of nitrogens with one attached hydrogen (secondary N) is 1. The maximum absolute atomic E-state index is 12.0. The summed E-state index contributed by atoms with van der Waals surface area (Å²) in [5.74, 6) is 0.221. The van der Waals surface area contributed by atoms with Crippen molar-refractivity contribution in [3.63, 3.8) is 0 Å². The summed E-state index contributed by atoms with van der Waals surface area (Å²) in [7, 11) is -2.14. The first kappa shape index (κ1) is 13.9. The predicted molar refractivity (Wildman–Crippen MR) is 63.8 cm³/mol. The monoisotopic (exact) mass is 330 g/mol. The SMILES string of the molecule is CCC(CCl)NS(=O)(=O)c1c(Br)nnn1C. The number of rotatable bonds is 5. The zero-order chi connectivity index (χ0) is 12.3. The molecule has 1 aromatic rings. The molecule has 6 nitrogen and oxygen atoms in total. The van der Waals surface area contributed by atoms with Crippen molar-refractivity contribution in [3.8, 4) is 0 Å². The summed E-state index contributed by atoms with van der Waals surface area (Å²) in [5.41, 5.74) is 0. The van der Waals surface area contributed by atoms with Crippen LogP contribution in [0.5, 0.6) is 0 Å². The summed E-state index contributed by atoms with van der Waals surface area (Å²) in [6, 6.07) is -0.298. The molecule has 0 saturated carbocycles. The molecule has 1 unspecified atom stereocenters. The van der Waals surface area contributed by atoms with E-state index in [0.717, 1.165) is 0 Å². The van der Waals surface area contributed by atoms with Crippen molar-refractivity contribution in [2.75, 3.05) is 5.88 Å². The highest BCUT2D eigenvalue weighted by Gasteiger charge is 2.25. The number of alkyl halides is 1. The molecule has 1 aromatic heterocycles. The fourth-order valence-electron chi connectivity index (χ4n) is 1.11. The van der Waals surface area contributed by atoms with Gasteiger partial charge in [-0.3, -0.25) is 0 Å². The third-order valence-electron chi connectivity index (χ3n) is 1.99. The fraction of sp³-hybridized carbons (Fsp3) is 0.714. The van der Waals surface area contributed by atoms with Gasteiger partial charge >= 0.3 is 0 Å². The van der Waals surface area contributed by atoms with Gasteiger partial charge in [0, 0.05) is 19.0 Å². The zero-order valence-electron chi connectivity index (χ0n) is 8.81. The average Bonchev–Trinajstić information content (AvgIpc) is 2.55. The molecule has 0 bridgehead atoms. The van der Waals surface area contributed by atoms with Gasteiger partial charge in [-0.1, -0.05) is 12.1 Å². The highest BCUT2D eigenvalue weighted by atomic mass is 79.9. The van der Waals surface area contributed by atoms with Crippen LogP contribution in [0.2, 0.25) is 0 Å². The molecule has 0 aliphatic heterocycles. The number of aromatic nitrogens is 3.